The molecule has 0 aliphatic carbocycles. The van der Waals surface area contributed by atoms with Crippen LogP contribution >= 0.6 is 0 Å². The molecule has 2 atom stereocenters. The minimum Gasteiger partial charge on any atom is -0.475 e. The molecule has 2 saturated heterocycles. The third-order valence-electron chi connectivity index (χ3n) is 4.86. The summed E-state index contributed by atoms with van der Waals surface area (Å²) >= 11 is 0. The fourth-order valence-corrected chi connectivity index (χ4v) is 4.62. The number of carbonyl (C=O) groups is 1. The molecule has 28 heavy (non-hydrogen) atoms. The molecule has 12 heteroatoms. The highest BCUT2D eigenvalue weighted by Gasteiger charge is 2.40. The average molecular weight is 427 g/mol. The lowest BCUT2D eigenvalue weighted by molar-refractivity contribution is -0.192. The second kappa shape index (κ2) is 8.80. The zero-order chi connectivity index (χ0) is 21.1. The molecule has 160 valence electrons. The number of rotatable bonds is 4. The van der Waals surface area contributed by atoms with Crippen molar-refractivity contribution in [2.75, 3.05) is 40.3 Å². The van der Waals surface area contributed by atoms with Crippen molar-refractivity contribution in [3.63, 3.8) is 0 Å². The van der Waals surface area contributed by atoms with Gasteiger partial charge in [-0.3, -0.25) is 4.90 Å². The maximum Gasteiger partial charge on any atom is 0.490 e. The Hall–Kier alpha value is -1.63. The normalized spacial score (nSPS) is 23.9. The number of likely N-dealkylation sites (tertiary alicyclic amines) is 1. The summed E-state index contributed by atoms with van der Waals surface area (Å²) in [5.74, 6) is -1.70. The van der Waals surface area contributed by atoms with Gasteiger partial charge in [0, 0.05) is 52.4 Å². The van der Waals surface area contributed by atoms with Crippen LogP contribution in [0.3, 0.4) is 0 Å². The molecule has 3 rings (SSSR count). The van der Waals surface area contributed by atoms with Gasteiger partial charge in [0.15, 0.2) is 0 Å². The molecule has 0 saturated carbocycles. The fraction of sp³-hybridized carbons (Fsp3) is 0.688. The highest BCUT2D eigenvalue weighted by atomic mass is 32.2. The Bertz CT molecular complexity index is 752. The van der Waals surface area contributed by atoms with Gasteiger partial charge in [-0.2, -0.15) is 30.2 Å². The summed E-state index contributed by atoms with van der Waals surface area (Å²) < 4.78 is 64.3. The maximum absolute atomic E-state index is 12.2. The molecule has 2 aliphatic heterocycles. The molecule has 0 unspecified atom stereocenters. The van der Waals surface area contributed by atoms with E-state index in [0.717, 1.165) is 26.1 Å². The van der Waals surface area contributed by atoms with Crippen molar-refractivity contribution in [2.24, 2.45) is 11.8 Å². The first-order valence-corrected chi connectivity index (χ1v) is 10.0. The summed E-state index contributed by atoms with van der Waals surface area (Å²) in [5, 5.41) is 7.12. The summed E-state index contributed by atoms with van der Waals surface area (Å²) in [6.45, 7) is 4.21. The van der Waals surface area contributed by atoms with Crippen molar-refractivity contribution in [1.82, 2.24) is 13.5 Å². The Labute approximate surface area is 161 Å². The van der Waals surface area contributed by atoms with Crippen LogP contribution in [0.1, 0.15) is 12.0 Å². The molecule has 1 aromatic heterocycles. The first-order chi connectivity index (χ1) is 12.9. The Morgan fingerprint density at radius 1 is 1.29 bits per heavy atom. The van der Waals surface area contributed by atoms with Crippen LogP contribution in [0.4, 0.5) is 13.2 Å². The van der Waals surface area contributed by atoms with Crippen LogP contribution in [-0.4, -0.2) is 79.5 Å². The van der Waals surface area contributed by atoms with Gasteiger partial charge in [-0.1, -0.05) is 0 Å². The van der Waals surface area contributed by atoms with E-state index < -0.39 is 22.4 Å². The lowest BCUT2D eigenvalue weighted by Gasteiger charge is -2.34. The van der Waals surface area contributed by atoms with E-state index in [2.05, 4.69) is 4.90 Å². The largest absolute Gasteiger partial charge is 0.490 e. The highest BCUT2D eigenvalue weighted by Crippen LogP contribution is 2.33. The van der Waals surface area contributed by atoms with Gasteiger partial charge in [-0.25, -0.2) is 4.79 Å². The maximum atomic E-state index is 12.2. The molecule has 3 heterocycles. The van der Waals surface area contributed by atoms with Crippen LogP contribution in [0, 0.1) is 11.8 Å². The molecule has 2 fully saturated rings. The van der Waals surface area contributed by atoms with Crippen molar-refractivity contribution in [2.45, 2.75) is 19.1 Å². The Balaban J connectivity index is 0.000000345. The Morgan fingerprint density at radius 2 is 1.89 bits per heavy atom. The van der Waals surface area contributed by atoms with Crippen LogP contribution in [0.2, 0.25) is 0 Å². The molecule has 0 amide bonds. The topological polar surface area (TPSA) is 94.3 Å². The number of carboxylic acids is 1. The van der Waals surface area contributed by atoms with Crippen LogP contribution < -0.4 is 0 Å². The number of hydrogen-bond donors (Lipinski definition) is 1. The summed E-state index contributed by atoms with van der Waals surface area (Å²) in [7, 11) is -0.0759. The molecule has 0 bridgehead atoms. The third kappa shape index (κ3) is 5.69. The van der Waals surface area contributed by atoms with E-state index in [9.17, 15) is 21.6 Å². The fourth-order valence-electron chi connectivity index (χ4n) is 3.44. The van der Waals surface area contributed by atoms with Crippen LogP contribution in [0.25, 0.3) is 0 Å². The van der Waals surface area contributed by atoms with Gasteiger partial charge >= 0.3 is 12.1 Å². The standard InChI is InChI=1S/C14H23N3O3S.C2HF3O2/c1-15(2)21(18,19)17-5-3-13-8-16(9-14(13)10-17)7-12-4-6-20-11-12;3-2(4,5)1(6)7/h4,6,11,13-14H,3,5,7-10H2,1-2H3;(H,6,7)/t13-,14-;/m1./s1. The molecule has 1 aromatic rings. The molecule has 0 spiro atoms. The van der Waals surface area contributed by atoms with Crippen LogP contribution in [0.5, 0.6) is 0 Å². The average Bonchev–Trinajstić information content (AvgIpc) is 3.22. The summed E-state index contributed by atoms with van der Waals surface area (Å²) in [6.07, 6.45) is -0.645. The SMILES string of the molecule is CN(C)S(=O)(=O)N1CC[C@@H]2CN(Cc3ccoc3)C[C@@H]2C1.O=C(O)C(F)(F)F. The van der Waals surface area contributed by atoms with Crippen molar-refractivity contribution >= 4 is 16.2 Å². The van der Waals surface area contributed by atoms with Gasteiger partial charge in [-0.15, -0.1) is 0 Å². The second-order valence-electron chi connectivity index (χ2n) is 7.09. The van der Waals surface area contributed by atoms with E-state index in [4.69, 9.17) is 14.3 Å². The Kier molecular flexibility index (Phi) is 7.12. The summed E-state index contributed by atoms with van der Waals surface area (Å²) in [4.78, 5) is 11.3. The van der Waals surface area contributed by atoms with Crippen molar-refractivity contribution in [3.8, 4) is 0 Å². The number of furan rings is 1. The molecule has 1 N–H and O–H groups in total. The van der Waals surface area contributed by atoms with E-state index in [1.165, 1.54) is 9.87 Å². The number of alkyl halides is 3. The number of hydrogen-bond acceptors (Lipinski definition) is 5. The number of fused-ring (bicyclic) bond motifs is 1. The molecular formula is C16H24F3N3O5S. The lowest BCUT2D eigenvalue weighted by atomic mass is 9.90. The first kappa shape index (κ1) is 22.7. The monoisotopic (exact) mass is 427 g/mol. The number of carboxylic acid groups (broad SMARTS) is 1. The smallest absolute Gasteiger partial charge is 0.475 e. The first-order valence-electron chi connectivity index (χ1n) is 8.62. The van der Waals surface area contributed by atoms with Gasteiger partial charge in [0.2, 0.25) is 0 Å². The van der Waals surface area contributed by atoms with Crippen LogP contribution in [-0.2, 0) is 21.5 Å². The zero-order valence-corrected chi connectivity index (χ0v) is 16.4. The predicted molar refractivity (Wildman–Crippen MR) is 93.5 cm³/mol. The van der Waals surface area contributed by atoms with Gasteiger partial charge in [-0.05, 0) is 24.3 Å². The predicted octanol–water partition coefficient (Wildman–Crippen LogP) is 1.47. The van der Waals surface area contributed by atoms with E-state index in [1.54, 1.807) is 30.9 Å². The van der Waals surface area contributed by atoms with Gasteiger partial charge in [0.25, 0.3) is 10.2 Å². The van der Waals surface area contributed by atoms with E-state index >= 15 is 0 Å². The van der Waals surface area contributed by atoms with Gasteiger partial charge < -0.3 is 9.52 Å². The van der Waals surface area contributed by atoms with Crippen molar-refractivity contribution in [1.29, 1.82) is 0 Å². The van der Waals surface area contributed by atoms with Gasteiger partial charge in [0.05, 0.1) is 12.5 Å². The second-order valence-corrected chi connectivity index (χ2v) is 9.23. The molecule has 0 aromatic carbocycles. The minimum atomic E-state index is -5.08. The number of halogens is 3. The van der Waals surface area contributed by atoms with Crippen molar-refractivity contribution < 1.29 is 35.9 Å². The van der Waals surface area contributed by atoms with Gasteiger partial charge in [0.1, 0.15) is 0 Å². The summed E-state index contributed by atoms with van der Waals surface area (Å²) in [5.41, 5.74) is 1.19. The lowest BCUT2D eigenvalue weighted by Crippen LogP contribution is -2.47. The van der Waals surface area contributed by atoms with E-state index in [0.29, 0.717) is 24.9 Å². The third-order valence-corrected chi connectivity index (χ3v) is 6.76. The molecule has 8 nitrogen and oxygen atoms in total. The summed E-state index contributed by atoms with van der Waals surface area (Å²) in [6, 6.07) is 1.99. The van der Waals surface area contributed by atoms with Crippen molar-refractivity contribution in [3.05, 3.63) is 24.2 Å². The zero-order valence-electron chi connectivity index (χ0n) is 15.6. The number of nitrogens with zero attached hydrogens (tertiary/aromatic N) is 3. The minimum absolute atomic E-state index is 0.445. The molecular weight excluding hydrogens is 403 g/mol. The van der Waals surface area contributed by atoms with E-state index in [-0.39, 0.29) is 0 Å². The molecule has 0 radical (unpaired) electrons. The Morgan fingerprint density at radius 3 is 2.39 bits per heavy atom. The highest BCUT2D eigenvalue weighted by molar-refractivity contribution is 7.86. The van der Waals surface area contributed by atoms with E-state index in [1.807, 2.05) is 6.07 Å². The van der Waals surface area contributed by atoms with Crippen LogP contribution in [0.15, 0.2) is 23.0 Å². The quantitative estimate of drug-likeness (QED) is 0.782. The number of aliphatic carboxylic acids is 1. The molecule has 2 aliphatic rings. The number of piperidine rings is 1.